The van der Waals surface area contributed by atoms with Gasteiger partial charge in [-0.1, -0.05) is 32.6 Å². The zero-order valence-corrected chi connectivity index (χ0v) is 9.93. The van der Waals surface area contributed by atoms with Crippen molar-refractivity contribution in [2.75, 3.05) is 0 Å². The first-order valence-corrected chi connectivity index (χ1v) is 5.91. The molecule has 1 unspecified atom stereocenters. The van der Waals surface area contributed by atoms with Gasteiger partial charge in [0, 0.05) is 12.2 Å². The van der Waals surface area contributed by atoms with Crippen LogP contribution in [0, 0.1) is 0 Å². The lowest BCUT2D eigenvalue weighted by molar-refractivity contribution is -0.198. The SMILES string of the molecule is CCCCCCC(O)C1OC(=O)C=CC(=O)O1. The second kappa shape index (κ2) is 7.06. The van der Waals surface area contributed by atoms with Crippen LogP contribution in [0.5, 0.6) is 0 Å². The summed E-state index contributed by atoms with van der Waals surface area (Å²) in [6, 6.07) is 0. The summed E-state index contributed by atoms with van der Waals surface area (Å²) in [6.45, 7) is 2.09. The van der Waals surface area contributed by atoms with Crippen molar-refractivity contribution in [2.24, 2.45) is 0 Å². The van der Waals surface area contributed by atoms with Crippen LogP contribution in [0.2, 0.25) is 0 Å². The Balaban J connectivity index is 2.37. The Hall–Kier alpha value is -1.36. The first kappa shape index (κ1) is 13.7. The van der Waals surface area contributed by atoms with E-state index in [0.717, 1.165) is 37.8 Å². The van der Waals surface area contributed by atoms with Crippen LogP contribution in [0.4, 0.5) is 0 Å². The number of carbonyl (C=O) groups is 2. The monoisotopic (exact) mass is 242 g/mol. The fourth-order valence-electron chi connectivity index (χ4n) is 1.54. The smallest absolute Gasteiger partial charge is 0.334 e. The zero-order chi connectivity index (χ0) is 12.7. The number of rotatable bonds is 6. The molecule has 1 N–H and O–H groups in total. The van der Waals surface area contributed by atoms with Gasteiger partial charge in [-0.05, 0) is 6.42 Å². The highest BCUT2D eigenvalue weighted by atomic mass is 16.7. The predicted molar refractivity (Wildman–Crippen MR) is 59.9 cm³/mol. The summed E-state index contributed by atoms with van der Waals surface area (Å²) >= 11 is 0. The van der Waals surface area contributed by atoms with E-state index in [1.165, 1.54) is 0 Å². The van der Waals surface area contributed by atoms with Crippen LogP contribution in [0.15, 0.2) is 12.2 Å². The third kappa shape index (κ3) is 4.99. The summed E-state index contributed by atoms with van der Waals surface area (Å²) in [4.78, 5) is 22.1. The molecular weight excluding hydrogens is 224 g/mol. The minimum absolute atomic E-state index is 0.450. The molecule has 1 rings (SSSR count). The molecule has 1 atom stereocenters. The molecule has 5 heteroatoms. The standard InChI is InChI=1S/C12H18O5/c1-2-3-4-5-6-9(13)12-16-10(14)7-8-11(15)17-12/h7-9,12-13H,2-6H2,1H3. The number of aliphatic hydroxyl groups excluding tert-OH is 1. The molecule has 1 aliphatic heterocycles. The normalized spacial score (nSPS) is 18.5. The van der Waals surface area contributed by atoms with E-state index in [9.17, 15) is 14.7 Å². The van der Waals surface area contributed by atoms with Gasteiger partial charge in [-0.3, -0.25) is 0 Å². The molecule has 0 aromatic rings. The fourth-order valence-corrected chi connectivity index (χ4v) is 1.54. The van der Waals surface area contributed by atoms with Crippen LogP contribution in [-0.2, 0) is 19.1 Å². The van der Waals surface area contributed by atoms with Crippen molar-refractivity contribution < 1.29 is 24.2 Å². The van der Waals surface area contributed by atoms with E-state index in [-0.39, 0.29) is 0 Å². The summed E-state index contributed by atoms with van der Waals surface area (Å²) in [6.07, 6.45) is 4.30. The van der Waals surface area contributed by atoms with E-state index in [4.69, 9.17) is 9.47 Å². The topological polar surface area (TPSA) is 72.8 Å². The molecule has 0 saturated carbocycles. The lowest BCUT2D eigenvalue weighted by Crippen LogP contribution is -2.33. The Morgan fingerprint density at radius 1 is 1.18 bits per heavy atom. The molecule has 17 heavy (non-hydrogen) atoms. The third-order valence-electron chi connectivity index (χ3n) is 2.49. The Labute approximate surface area is 100 Å². The highest BCUT2D eigenvalue weighted by Gasteiger charge is 2.27. The summed E-state index contributed by atoms with van der Waals surface area (Å²) in [5.74, 6) is -1.35. The number of ether oxygens (including phenoxy) is 2. The van der Waals surface area contributed by atoms with Gasteiger partial charge in [-0.25, -0.2) is 9.59 Å². The minimum Gasteiger partial charge on any atom is -0.419 e. The number of aliphatic hydroxyl groups is 1. The average Bonchev–Trinajstić information content (AvgIpc) is 2.47. The molecule has 0 bridgehead atoms. The quantitative estimate of drug-likeness (QED) is 0.561. The maximum absolute atomic E-state index is 11.1. The van der Waals surface area contributed by atoms with Gasteiger partial charge in [0.05, 0.1) is 0 Å². The Morgan fingerprint density at radius 2 is 1.76 bits per heavy atom. The largest absolute Gasteiger partial charge is 0.419 e. The highest BCUT2D eigenvalue weighted by Crippen LogP contribution is 2.14. The second-order valence-electron chi connectivity index (χ2n) is 3.99. The number of esters is 2. The fraction of sp³-hybridized carbons (Fsp3) is 0.667. The van der Waals surface area contributed by atoms with Gasteiger partial charge in [0.15, 0.2) is 0 Å². The van der Waals surface area contributed by atoms with Crippen molar-refractivity contribution in [1.29, 1.82) is 0 Å². The lowest BCUT2D eigenvalue weighted by Gasteiger charge is -2.20. The number of carbonyl (C=O) groups excluding carboxylic acids is 2. The Kier molecular flexibility index (Phi) is 5.69. The number of hydrogen-bond donors (Lipinski definition) is 1. The molecule has 0 saturated heterocycles. The van der Waals surface area contributed by atoms with Crippen molar-refractivity contribution in [2.45, 2.75) is 51.4 Å². The van der Waals surface area contributed by atoms with Crippen molar-refractivity contribution in [3.63, 3.8) is 0 Å². The summed E-state index contributed by atoms with van der Waals surface area (Å²) in [5.41, 5.74) is 0. The summed E-state index contributed by atoms with van der Waals surface area (Å²) < 4.78 is 9.56. The third-order valence-corrected chi connectivity index (χ3v) is 2.49. The second-order valence-corrected chi connectivity index (χ2v) is 3.99. The first-order valence-electron chi connectivity index (χ1n) is 5.91. The van der Waals surface area contributed by atoms with Crippen molar-refractivity contribution >= 4 is 11.9 Å². The number of hydrogen-bond acceptors (Lipinski definition) is 5. The predicted octanol–water partition coefficient (Wildman–Crippen LogP) is 1.30. The number of cyclic esters (lactones) is 2. The van der Waals surface area contributed by atoms with Crippen molar-refractivity contribution in [3.8, 4) is 0 Å². The van der Waals surface area contributed by atoms with E-state index < -0.39 is 24.3 Å². The van der Waals surface area contributed by atoms with Crippen molar-refractivity contribution in [1.82, 2.24) is 0 Å². The first-order chi connectivity index (χ1) is 8.13. The molecule has 0 spiro atoms. The highest BCUT2D eigenvalue weighted by molar-refractivity contribution is 5.93. The Morgan fingerprint density at radius 3 is 2.29 bits per heavy atom. The zero-order valence-electron chi connectivity index (χ0n) is 9.93. The van der Waals surface area contributed by atoms with E-state index >= 15 is 0 Å². The van der Waals surface area contributed by atoms with Gasteiger partial charge in [0.25, 0.3) is 6.29 Å². The van der Waals surface area contributed by atoms with Gasteiger partial charge in [0.2, 0.25) is 0 Å². The number of unbranched alkanes of at least 4 members (excludes halogenated alkanes) is 3. The average molecular weight is 242 g/mol. The molecule has 1 aliphatic rings. The molecule has 1 heterocycles. The minimum atomic E-state index is -1.19. The van der Waals surface area contributed by atoms with Gasteiger partial charge in [0.1, 0.15) is 6.10 Å². The molecule has 0 radical (unpaired) electrons. The van der Waals surface area contributed by atoms with Crippen LogP contribution in [0.1, 0.15) is 39.0 Å². The molecule has 0 aromatic heterocycles. The molecule has 0 fully saturated rings. The molecule has 0 amide bonds. The van der Waals surface area contributed by atoms with Crippen molar-refractivity contribution in [3.05, 3.63) is 12.2 Å². The van der Waals surface area contributed by atoms with Gasteiger partial charge < -0.3 is 14.6 Å². The molecule has 5 nitrogen and oxygen atoms in total. The van der Waals surface area contributed by atoms with E-state index in [1.807, 2.05) is 0 Å². The van der Waals surface area contributed by atoms with Gasteiger partial charge >= 0.3 is 11.9 Å². The van der Waals surface area contributed by atoms with E-state index in [2.05, 4.69) is 6.92 Å². The molecular formula is C12H18O5. The molecule has 0 aliphatic carbocycles. The van der Waals surface area contributed by atoms with Gasteiger partial charge in [-0.15, -0.1) is 0 Å². The van der Waals surface area contributed by atoms with E-state index in [0.29, 0.717) is 6.42 Å². The van der Waals surface area contributed by atoms with Crippen LogP contribution in [0.25, 0.3) is 0 Å². The molecule has 0 aromatic carbocycles. The Bertz CT molecular complexity index is 277. The summed E-state index contributed by atoms with van der Waals surface area (Å²) in [5, 5.41) is 9.75. The van der Waals surface area contributed by atoms with E-state index in [1.54, 1.807) is 0 Å². The molecule has 96 valence electrons. The van der Waals surface area contributed by atoms with Crippen LogP contribution in [-0.4, -0.2) is 29.4 Å². The maximum atomic E-state index is 11.1. The summed E-state index contributed by atoms with van der Waals surface area (Å²) in [7, 11) is 0. The van der Waals surface area contributed by atoms with Gasteiger partial charge in [-0.2, -0.15) is 0 Å². The van der Waals surface area contributed by atoms with Crippen LogP contribution < -0.4 is 0 Å². The lowest BCUT2D eigenvalue weighted by atomic mass is 10.1. The maximum Gasteiger partial charge on any atom is 0.334 e. The van der Waals surface area contributed by atoms with Crippen LogP contribution >= 0.6 is 0 Å². The van der Waals surface area contributed by atoms with Crippen LogP contribution in [0.3, 0.4) is 0 Å².